The largest absolute Gasteiger partial charge is 0.331 e. The minimum atomic E-state index is -0.616. The third kappa shape index (κ3) is 4.90. The molecular formula is C23H21N5O4S2. The molecule has 11 heteroatoms. The Bertz CT molecular complexity index is 1440. The minimum absolute atomic E-state index is 0.0442. The predicted molar refractivity (Wildman–Crippen MR) is 131 cm³/mol. The van der Waals surface area contributed by atoms with Gasteiger partial charge < -0.3 is 0 Å². The van der Waals surface area contributed by atoms with E-state index in [0.717, 1.165) is 16.9 Å². The van der Waals surface area contributed by atoms with Gasteiger partial charge in [-0.2, -0.15) is 0 Å². The third-order valence-electron chi connectivity index (χ3n) is 4.94. The lowest BCUT2D eigenvalue weighted by Gasteiger charge is -2.15. The smallest absolute Gasteiger partial charge is 0.297 e. The van der Waals surface area contributed by atoms with Crippen LogP contribution in [0, 0.1) is 0 Å². The van der Waals surface area contributed by atoms with Gasteiger partial charge >= 0.3 is 5.69 Å². The van der Waals surface area contributed by atoms with Crippen LogP contribution in [-0.2, 0) is 6.54 Å². The minimum Gasteiger partial charge on any atom is -0.297 e. The molecule has 0 radical (unpaired) electrons. The number of benzene rings is 1. The average molecular weight is 496 g/mol. The van der Waals surface area contributed by atoms with Gasteiger partial charge in [0.15, 0.2) is 0 Å². The fourth-order valence-electron chi connectivity index (χ4n) is 3.19. The lowest BCUT2D eigenvalue weighted by Crippen LogP contribution is -2.41. The van der Waals surface area contributed by atoms with Crippen molar-refractivity contribution >= 4 is 34.5 Å². The summed E-state index contributed by atoms with van der Waals surface area (Å²) in [4.78, 5) is 55.5. The van der Waals surface area contributed by atoms with E-state index >= 15 is 0 Å². The van der Waals surface area contributed by atoms with Crippen LogP contribution in [0.4, 0.5) is 0 Å². The number of hydrogen-bond acceptors (Lipinski definition) is 7. The first-order valence-electron chi connectivity index (χ1n) is 10.3. The van der Waals surface area contributed by atoms with Crippen molar-refractivity contribution in [2.24, 2.45) is 0 Å². The summed E-state index contributed by atoms with van der Waals surface area (Å²) in [6.45, 7) is 3.81. The van der Waals surface area contributed by atoms with Crippen LogP contribution in [0.1, 0.15) is 45.6 Å². The molecule has 3 aromatic heterocycles. The zero-order chi connectivity index (χ0) is 24.2. The highest BCUT2D eigenvalue weighted by Crippen LogP contribution is 2.21. The quantitative estimate of drug-likeness (QED) is 0.399. The molecule has 34 heavy (non-hydrogen) atoms. The van der Waals surface area contributed by atoms with E-state index in [0.29, 0.717) is 9.88 Å². The molecule has 0 aliphatic rings. The molecule has 1 aromatic carbocycles. The van der Waals surface area contributed by atoms with E-state index in [1.54, 1.807) is 17.5 Å². The molecule has 0 saturated carbocycles. The Balaban J connectivity index is 1.63. The lowest BCUT2D eigenvalue weighted by molar-refractivity contribution is 0.0846. The van der Waals surface area contributed by atoms with Gasteiger partial charge in [-0.3, -0.25) is 34.4 Å². The number of amides is 2. The summed E-state index contributed by atoms with van der Waals surface area (Å²) in [6.07, 6.45) is 1.48. The molecule has 0 bridgehead atoms. The number of rotatable bonds is 6. The number of carbonyl (C=O) groups excluding carboxylic acids is 2. The maximum atomic E-state index is 13.3. The summed E-state index contributed by atoms with van der Waals surface area (Å²) in [7, 11) is 0. The molecule has 0 spiro atoms. The zero-order valence-corrected chi connectivity index (χ0v) is 20.0. The first kappa shape index (κ1) is 23.3. The Morgan fingerprint density at radius 1 is 1.00 bits per heavy atom. The van der Waals surface area contributed by atoms with Crippen LogP contribution in [-0.4, -0.2) is 25.9 Å². The molecule has 4 rings (SSSR count). The average Bonchev–Trinajstić information content (AvgIpc) is 3.53. The van der Waals surface area contributed by atoms with E-state index in [-0.39, 0.29) is 23.8 Å². The summed E-state index contributed by atoms with van der Waals surface area (Å²) in [5.74, 6) is -1.05. The Labute approximate surface area is 202 Å². The van der Waals surface area contributed by atoms with Gasteiger partial charge in [-0.1, -0.05) is 36.4 Å². The normalized spacial score (nSPS) is 10.9. The monoisotopic (exact) mass is 495 g/mol. The molecule has 0 saturated heterocycles. The van der Waals surface area contributed by atoms with E-state index in [1.165, 1.54) is 32.0 Å². The number of aromatic nitrogens is 3. The van der Waals surface area contributed by atoms with Crippen molar-refractivity contribution in [3.05, 3.63) is 96.4 Å². The SMILES string of the molecule is CC(C)n1cc(-c2nc(C(=O)NNC(=O)c3cccs3)cs2)c(=O)n(Cc2ccccc2)c1=O. The molecule has 3 heterocycles. The number of thiophene rings is 1. The number of hydrogen-bond donors (Lipinski definition) is 2. The van der Waals surface area contributed by atoms with Gasteiger partial charge in [0.25, 0.3) is 17.4 Å². The highest BCUT2D eigenvalue weighted by atomic mass is 32.1. The second-order valence-electron chi connectivity index (χ2n) is 7.63. The van der Waals surface area contributed by atoms with Crippen LogP contribution in [0.25, 0.3) is 10.6 Å². The second kappa shape index (κ2) is 9.98. The highest BCUT2D eigenvalue weighted by Gasteiger charge is 2.19. The van der Waals surface area contributed by atoms with Crippen molar-refractivity contribution in [2.45, 2.75) is 26.4 Å². The summed E-state index contributed by atoms with van der Waals surface area (Å²) >= 11 is 2.35. The molecule has 0 fully saturated rings. The van der Waals surface area contributed by atoms with Crippen LogP contribution in [0.5, 0.6) is 0 Å². The molecule has 4 aromatic rings. The predicted octanol–water partition coefficient (Wildman–Crippen LogP) is 2.90. The fourth-order valence-corrected chi connectivity index (χ4v) is 4.61. The Hall–Kier alpha value is -3.83. The Morgan fingerprint density at radius 3 is 2.41 bits per heavy atom. The second-order valence-corrected chi connectivity index (χ2v) is 9.43. The van der Waals surface area contributed by atoms with Gasteiger partial charge in [0.2, 0.25) is 0 Å². The Kier molecular flexibility index (Phi) is 6.85. The molecule has 0 aliphatic carbocycles. The Morgan fingerprint density at radius 2 is 1.74 bits per heavy atom. The van der Waals surface area contributed by atoms with Crippen molar-refractivity contribution in [1.29, 1.82) is 0 Å². The lowest BCUT2D eigenvalue weighted by atomic mass is 10.2. The number of hydrazine groups is 1. The van der Waals surface area contributed by atoms with Crippen molar-refractivity contribution in [2.75, 3.05) is 0 Å². The van der Waals surface area contributed by atoms with Gasteiger partial charge in [-0.25, -0.2) is 9.78 Å². The van der Waals surface area contributed by atoms with E-state index in [1.807, 2.05) is 44.2 Å². The van der Waals surface area contributed by atoms with Gasteiger partial charge in [0.05, 0.1) is 17.0 Å². The van der Waals surface area contributed by atoms with Crippen LogP contribution >= 0.6 is 22.7 Å². The standard InChI is InChI=1S/C23H21N5O4S2/c1-14(2)27-12-16(22(31)28(23(27)32)11-15-7-4-3-5-8-15)21-24-17(13-34-21)19(29)25-26-20(30)18-9-6-10-33-18/h3-10,12-14H,11H2,1-2H3,(H,25,29)(H,26,30). The van der Waals surface area contributed by atoms with E-state index in [2.05, 4.69) is 15.8 Å². The molecule has 9 nitrogen and oxygen atoms in total. The maximum absolute atomic E-state index is 13.3. The highest BCUT2D eigenvalue weighted by molar-refractivity contribution is 7.13. The zero-order valence-electron chi connectivity index (χ0n) is 18.3. The van der Waals surface area contributed by atoms with Crippen molar-refractivity contribution in [1.82, 2.24) is 25.0 Å². The number of thiazole rings is 1. The molecule has 0 unspecified atom stereocenters. The summed E-state index contributed by atoms with van der Waals surface area (Å²) in [6, 6.07) is 12.4. The van der Waals surface area contributed by atoms with Gasteiger partial charge in [-0.05, 0) is 30.9 Å². The molecule has 174 valence electrons. The van der Waals surface area contributed by atoms with Crippen molar-refractivity contribution in [3.8, 4) is 10.6 Å². The maximum Gasteiger partial charge on any atom is 0.331 e. The van der Waals surface area contributed by atoms with E-state index in [4.69, 9.17) is 0 Å². The molecule has 2 amide bonds. The van der Waals surface area contributed by atoms with Crippen LogP contribution in [0.2, 0.25) is 0 Å². The van der Waals surface area contributed by atoms with Gasteiger partial charge in [0.1, 0.15) is 10.7 Å². The van der Waals surface area contributed by atoms with E-state index < -0.39 is 23.1 Å². The van der Waals surface area contributed by atoms with Gasteiger partial charge in [-0.15, -0.1) is 22.7 Å². The van der Waals surface area contributed by atoms with E-state index in [9.17, 15) is 19.2 Å². The van der Waals surface area contributed by atoms with Crippen LogP contribution in [0.15, 0.2) is 69.0 Å². The third-order valence-corrected chi connectivity index (χ3v) is 6.68. The first-order valence-corrected chi connectivity index (χ1v) is 12.1. The molecule has 0 aliphatic heterocycles. The molecule has 0 atom stereocenters. The van der Waals surface area contributed by atoms with Crippen LogP contribution < -0.4 is 22.1 Å². The topological polar surface area (TPSA) is 115 Å². The number of carbonyl (C=O) groups is 2. The van der Waals surface area contributed by atoms with Crippen molar-refractivity contribution < 1.29 is 9.59 Å². The fraction of sp³-hybridized carbons (Fsp3) is 0.174. The number of nitrogens with one attached hydrogen (secondary N) is 2. The van der Waals surface area contributed by atoms with Crippen molar-refractivity contribution in [3.63, 3.8) is 0 Å². The first-order chi connectivity index (χ1) is 16.3. The van der Waals surface area contributed by atoms with Gasteiger partial charge in [0, 0.05) is 17.6 Å². The summed E-state index contributed by atoms with van der Waals surface area (Å²) < 4.78 is 2.65. The summed E-state index contributed by atoms with van der Waals surface area (Å²) in [5, 5.41) is 3.55. The molecule has 2 N–H and O–H groups in total. The number of nitrogens with zero attached hydrogens (tertiary/aromatic N) is 3. The van der Waals surface area contributed by atoms with Crippen LogP contribution in [0.3, 0.4) is 0 Å². The summed E-state index contributed by atoms with van der Waals surface area (Å²) in [5.41, 5.74) is 4.83. The molecular weight excluding hydrogens is 474 g/mol.